The van der Waals surface area contributed by atoms with Gasteiger partial charge in [-0.25, -0.2) is 4.79 Å². The predicted molar refractivity (Wildman–Crippen MR) is 77.8 cm³/mol. The van der Waals surface area contributed by atoms with E-state index in [1.165, 1.54) is 0 Å². The molecule has 1 amide bonds. The number of carbonyl (C=O) groups excluding carboxylic acids is 2. The molecule has 1 fully saturated rings. The molecule has 5 nitrogen and oxygen atoms in total. The fourth-order valence-electron chi connectivity index (χ4n) is 2.06. The average molecular weight is 291 g/mol. The fourth-order valence-corrected chi connectivity index (χ4v) is 2.06. The van der Waals surface area contributed by atoms with Crippen LogP contribution >= 0.6 is 0 Å². The molecule has 0 bridgehead atoms. The van der Waals surface area contributed by atoms with Crippen molar-refractivity contribution in [3.63, 3.8) is 0 Å². The maximum atomic E-state index is 12.1. The van der Waals surface area contributed by atoms with Gasteiger partial charge in [-0.2, -0.15) is 0 Å². The van der Waals surface area contributed by atoms with Crippen molar-refractivity contribution in [2.24, 2.45) is 5.92 Å². The minimum Gasteiger partial charge on any atom is -0.445 e. The summed E-state index contributed by atoms with van der Waals surface area (Å²) < 4.78 is 10.1. The molecule has 0 aliphatic carbocycles. The number of hydrogen-bond acceptors (Lipinski definition) is 4. The van der Waals surface area contributed by atoms with Gasteiger partial charge in [-0.05, 0) is 17.9 Å². The number of Topliss-reactive ketones (excluding diaryl/α,β-unsaturated/α-hetero) is 1. The zero-order valence-corrected chi connectivity index (χ0v) is 12.4. The summed E-state index contributed by atoms with van der Waals surface area (Å²) in [5.41, 5.74) is 0.907. The van der Waals surface area contributed by atoms with Crippen molar-refractivity contribution in [3.05, 3.63) is 35.9 Å². The Hall–Kier alpha value is -1.88. The van der Waals surface area contributed by atoms with E-state index in [9.17, 15) is 9.59 Å². The van der Waals surface area contributed by atoms with Crippen LogP contribution in [0.25, 0.3) is 0 Å². The van der Waals surface area contributed by atoms with Crippen molar-refractivity contribution in [1.29, 1.82) is 0 Å². The molecule has 114 valence electrons. The van der Waals surface area contributed by atoms with E-state index in [-0.39, 0.29) is 18.5 Å². The first-order chi connectivity index (χ1) is 10.1. The van der Waals surface area contributed by atoms with Crippen LogP contribution < -0.4 is 5.32 Å². The molecule has 0 radical (unpaired) electrons. The molecule has 2 atom stereocenters. The maximum Gasteiger partial charge on any atom is 0.408 e. The number of carbonyl (C=O) groups is 2. The second kappa shape index (κ2) is 7.22. The second-order valence-corrected chi connectivity index (χ2v) is 5.61. The van der Waals surface area contributed by atoms with E-state index in [1.807, 2.05) is 44.2 Å². The molecule has 1 heterocycles. The summed E-state index contributed by atoms with van der Waals surface area (Å²) in [5, 5.41) is 2.65. The topological polar surface area (TPSA) is 67.9 Å². The van der Waals surface area contributed by atoms with Crippen molar-refractivity contribution >= 4 is 11.9 Å². The van der Waals surface area contributed by atoms with Crippen LogP contribution in [0.3, 0.4) is 0 Å². The van der Waals surface area contributed by atoms with Crippen LogP contribution in [0, 0.1) is 5.92 Å². The quantitative estimate of drug-likeness (QED) is 0.783. The van der Waals surface area contributed by atoms with Gasteiger partial charge in [0.2, 0.25) is 0 Å². The summed E-state index contributed by atoms with van der Waals surface area (Å²) in [4.78, 5) is 23.9. The monoisotopic (exact) mass is 291 g/mol. The zero-order valence-electron chi connectivity index (χ0n) is 12.4. The first-order valence-corrected chi connectivity index (χ1v) is 7.19. The Kier molecular flexibility index (Phi) is 5.33. The Bertz CT molecular complexity index is 482. The fraction of sp³-hybridized carbons (Fsp3) is 0.500. The zero-order chi connectivity index (χ0) is 15.2. The van der Waals surface area contributed by atoms with Gasteiger partial charge in [-0.15, -0.1) is 0 Å². The summed E-state index contributed by atoms with van der Waals surface area (Å²) in [5.74, 6) is 0.229. The Balaban J connectivity index is 1.83. The Morgan fingerprint density at radius 1 is 1.33 bits per heavy atom. The van der Waals surface area contributed by atoms with Gasteiger partial charge in [0.05, 0.1) is 12.6 Å². The Labute approximate surface area is 124 Å². The van der Waals surface area contributed by atoms with Crippen molar-refractivity contribution in [3.8, 4) is 0 Å². The Morgan fingerprint density at radius 3 is 2.57 bits per heavy atom. The number of hydrogen-bond donors (Lipinski definition) is 1. The molecule has 5 heteroatoms. The van der Waals surface area contributed by atoms with Gasteiger partial charge in [0.25, 0.3) is 0 Å². The van der Waals surface area contributed by atoms with Crippen molar-refractivity contribution in [2.75, 3.05) is 6.61 Å². The van der Waals surface area contributed by atoms with Gasteiger partial charge >= 0.3 is 6.09 Å². The summed E-state index contributed by atoms with van der Waals surface area (Å²) in [6.45, 7) is 4.65. The molecular formula is C16H21NO4. The minimum absolute atomic E-state index is 0.0691. The van der Waals surface area contributed by atoms with Gasteiger partial charge in [0.1, 0.15) is 12.7 Å². The number of nitrogens with one attached hydrogen (secondary N) is 1. The molecule has 21 heavy (non-hydrogen) atoms. The first kappa shape index (κ1) is 15.5. The normalized spacial score (nSPS) is 18.1. The third kappa shape index (κ3) is 5.19. The van der Waals surface area contributed by atoms with Crippen molar-refractivity contribution in [1.82, 2.24) is 5.32 Å². The number of benzene rings is 1. The van der Waals surface area contributed by atoms with E-state index in [0.29, 0.717) is 18.9 Å². The van der Waals surface area contributed by atoms with Gasteiger partial charge in [-0.3, -0.25) is 4.79 Å². The molecule has 1 unspecified atom stereocenters. The third-order valence-electron chi connectivity index (χ3n) is 3.21. The summed E-state index contributed by atoms with van der Waals surface area (Å²) in [6.07, 6.45) is -0.347. The highest BCUT2D eigenvalue weighted by Crippen LogP contribution is 2.16. The standard InChI is InChI=1S/C16H21NO4/c1-11(2)8-13(15(18)14-10-20-14)17-16(19)21-9-12-6-4-3-5-7-12/h3-7,11,13-14H,8-10H2,1-2H3,(H,17,19)/t13-,14?/m0/s1. The number of ketones is 1. The summed E-state index contributed by atoms with van der Waals surface area (Å²) in [7, 11) is 0. The summed E-state index contributed by atoms with van der Waals surface area (Å²) >= 11 is 0. The van der Waals surface area contributed by atoms with Crippen LogP contribution in [0.15, 0.2) is 30.3 Å². The van der Waals surface area contributed by atoms with Crippen molar-refractivity contribution in [2.45, 2.75) is 39.0 Å². The van der Waals surface area contributed by atoms with Crippen LogP contribution in [0.1, 0.15) is 25.8 Å². The molecule has 0 spiro atoms. The maximum absolute atomic E-state index is 12.1. The lowest BCUT2D eigenvalue weighted by Gasteiger charge is -2.18. The smallest absolute Gasteiger partial charge is 0.408 e. The average Bonchev–Trinajstić information content (AvgIpc) is 3.29. The van der Waals surface area contributed by atoms with Gasteiger partial charge in [0.15, 0.2) is 5.78 Å². The van der Waals surface area contributed by atoms with E-state index >= 15 is 0 Å². The van der Waals surface area contributed by atoms with E-state index in [0.717, 1.165) is 5.56 Å². The minimum atomic E-state index is -0.571. The lowest BCUT2D eigenvalue weighted by atomic mass is 9.99. The molecule has 1 saturated heterocycles. The molecule has 1 N–H and O–H groups in total. The molecule has 0 saturated carbocycles. The van der Waals surface area contributed by atoms with Crippen LogP contribution in [0.5, 0.6) is 0 Å². The molecule has 1 aromatic carbocycles. The predicted octanol–water partition coefficient (Wildman–Crippen LogP) is 2.30. The second-order valence-electron chi connectivity index (χ2n) is 5.61. The van der Waals surface area contributed by atoms with Crippen LogP contribution in [0.2, 0.25) is 0 Å². The Morgan fingerprint density at radius 2 is 2.00 bits per heavy atom. The SMILES string of the molecule is CC(C)C[C@H](NC(=O)OCc1ccccc1)C(=O)C1CO1. The molecule has 1 aromatic rings. The van der Waals surface area contributed by atoms with E-state index in [2.05, 4.69) is 5.32 Å². The number of ether oxygens (including phenoxy) is 2. The number of alkyl carbamates (subject to hydrolysis) is 1. The molecule has 1 aliphatic heterocycles. The van der Waals surface area contributed by atoms with E-state index in [1.54, 1.807) is 0 Å². The van der Waals surface area contributed by atoms with E-state index < -0.39 is 12.1 Å². The number of rotatable bonds is 7. The lowest BCUT2D eigenvalue weighted by molar-refractivity contribution is -0.122. The van der Waals surface area contributed by atoms with Gasteiger partial charge in [0, 0.05) is 0 Å². The van der Waals surface area contributed by atoms with Gasteiger partial charge < -0.3 is 14.8 Å². The molecular weight excluding hydrogens is 270 g/mol. The third-order valence-corrected chi connectivity index (χ3v) is 3.21. The van der Waals surface area contributed by atoms with Crippen molar-refractivity contribution < 1.29 is 19.1 Å². The van der Waals surface area contributed by atoms with Crippen LogP contribution in [0.4, 0.5) is 4.79 Å². The molecule has 2 rings (SSSR count). The summed E-state index contributed by atoms with van der Waals surface area (Å²) in [6, 6.07) is 8.87. The highest BCUT2D eigenvalue weighted by molar-refractivity contribution is 5.92. The number of epoxide rings is 1. The lowest BCUT2D eigenvalue weighted by Crippen LogP contribution is -2.43. The first-order valence-electron chi connectivity index (χ1n) is 7.19. The van der Waals surface area contributed by atoms with Crippen LogP contribution in [-0.4, -0.2) is 30.6 Å². The molecule has 0 aromatic heterocycles. The van der Waals surface area contributed by atoms with Gasteiger partial charge in [-0.1, -0.05) is 44.2 Å². The highest BCUT2D eigenvalue weighted by atomic mass is 16.6. The molecule has 1 aliphatic rings. The van der Waals surface area contributed by atoms with E-state index in [4.69, 9.17) is 9.47 Å². The largest absolute Gasteiger partial charge is 0.445 e. The number of amides is 1. The van der Waals surface area contributed by atoms with Crippen LogP contribution in [-0.2, 0) is 20.9 Å². The highest BCUT2D eigenvalue weighted by Gasteiger charge is 2.37.